The average molecular weight is 383 g/mol. The van der Waals surface area contributed by atoms with Crippen molar-refractivity contribution in [3.8, 4) is 0 Å². The molecule has 146 valence electrons. The standard InChI is InChI=1S/C16H20F3N7O/c17-16(18,19)11-9-12(22-14(21-11)25-6-1-2-7-25)20-10-3-4-13-23-24-15(27)26(13)8-5-10/h9-10H,1-8H2,(H,24,27)(H,20,21,22). The molecule has 1 fully saturated rings. The van der Waals surface area contributed by atoms with Gasteiger partial charge in [-0.3, -0.25) is 4.57 Å². The van der Waals surface area contributed by atoms with Crippen LogP contribution in [0.4, 0.5) is 24.9 Å². The molecule has 0 saturated carbocycles. The molecular weight excluding hydrogens is 363 g/mol. The lowest BCUT2D eigenvalue weighted by Gasteiger charge is -2.21. The van der Waals surface area contributed by atoms with Crippen LogP contribution >= 0.6 is 0 Å². The van der Waals surface area contributed by atoms with Gasteiger partial charge in [0.1, 0.15) is 11.6 Å². The summed E-state index contributed by atoms with van der Waals surface area (Å²) < 4.78 is 41.4. The number of hydrogen-bond acceptors (Lipinski definition) is 6. The molecule has 1 unspecified atom stereocenters. The zero-order valence-electron chi connectivity index (χ0n) is 14.6. The summed E-state index contributed by atoms with van der Waals surface area (Å²) in [4.78, 5) is 21.5. The molecule has 0 bridgehead atoms. The smallest absolute Gasteiger partial charge is 0.367 e. The van der Waals surface area contributed by atoms with E-state index in [4.69, 9.17) is 0 Å². The van der Waals surface area contributed by atoms with E-state index in [9.17, 15) is 18.0 Å². The Balaban J connectivity index is 1.55. The van der Waals surface area contributed by atoms with E-state index in [0.29, 0.717) is 44.7 Å². The second-order valence-corrected chi connectivity index (χ2v) is 6.90. The van der Waals surface area contributed by atoms with E-state index in [1.165, 1.54) is 0 Å². The van der Waals surface area contributed by atoms with Gasteiger partial charge in [-0.2, -0.15) is 23.3 Å². The Labute approximate surface area is 152 Å². The molecule has 11 heteroatoms. The van der Waals surface area contributed by atoms with Crippen LogP contribution in [0.3, 0.4) is 0 Å². The number of alkyl halides is 3. The number of nitrogens with zero attached hydrogens (tertiary/aromatic N) is 5. The van der Waals surface area contributed by atoms with Crippen LogP contribution in [-0.4, -0.2) is 43.9 Å². The number of nitrogens with one attached hydrogen (secondary N) is 2. The van der Waals surface area contributed by atoms with Crippen molar-refractivity contribution in [3.63, 3.8) is 0 Å². The lowest BCUT2D eigenvalue weighted by Crippen LogP contribution is -2.26. The number of fused-ring (bicyclic) bond motifs is 1. The summed E-state index contributed by atoms with van der Waals surface area (Å²) in [5.74, 6) is 0.946. The third-order valence-corrected chi connectivity index (χ3v) is 5.00. The fraction of sp³-hybridized carbons (Fsp3) is 0.625. The number of aryl methyl sites for hydroxylation is 1. The van der Waals surface area contributed by atoms with Crippen molar-refractivity contribution in [2.75, 3.05) is 23.3 Å². The largest absolute Gasteiger partial charge is 0.433 e. The predicted molar refractivity (Wildman–Crippen MR) is 91.7 cm³/mol. The molecule has 4 rings (SSSR count). The molecule has 0 amide bonds. The van der Waals surface area contributed by atoms with Crippen LogP contribution in [0.1, 0.15) is 37.2 Å². The minimum absolute atomic E-state index is 0.103. The minimum Gasteiger partial charge on any atom is -0.367 e. The van der Waals surface area contributed by atoms with E-state index in [-0.39, 0.29) is 23.5 Å². The molecule has 0 radical (unpaired) electrons. The molecule has 2 N–H and O–H groups in total. The van der Waals surface area contributed by atoms with Crippen molar-refractivity contribution in [2.45, 2.75) is 50.9 Å². The number of aromatic amines is 1. The maximum atomic E-state index is 13.3. The highest BCUT2D eigenvalue weighted by atomic mass is 19.4. The summed E-state index contributed by atoms with van der Waals surface area (Å²) in [6.45, 7) is 1.78. The molecule has 2 aromatic rings. The van der Waals surface area contributed by atoms with E-state index < -0.39 is 11.9 Å². The summed E-state index contributed by atoms with van der Waals surface area (Å²) in [7, 11) is 0. The van der Waals surface area contributed by atoms with Crippen LogP contribution in [0.5, 0.6) is 0 Å². The third-order valence-electron chi connectivity index (χ3n) is 5.00. The van der Waals surface area contributed by atoms with Gasteiger partial charge in [0, 0.05) is 38.2 Å². The van der Waals surface area contributed by atoms with Gasteiger partial charge in [-0.1, -0.05) is 0 Å². The fourth-order valence-electron chi connectivity index (χ4n) is 3.57. The Hall–Kier alpha value is -2.59. The molecule has 2 aliphatic rings. The van der Waals surface area contributed by atoms with Gasteiger partial charge in [-0.15, -0.1) is 0 Å². The van der Waals surface area contributed by atoms with E-state index in [2.05, 4.69) is 25.5 Å². The van der Waals surface area contributed by atoms with E-state index >= 15 is 0 Å². The van der Waals surface area contributed by atoms with Gasteiger partial charge in [0.2, 0.25) is 5.95 Å². The van der Waals surface area contributed by atoms with Crippen molar-refractivity contribution in [3.05, 3.63) is 28.1 Å². The molecule has 2 aliphatic heterocycles. The molecule has 2 aromatic heterocycles. The van der Waals surface area contributed by atoms with Crippen LogP contribution in [0.2, 0.25) is 0 Å². The Morgan fingerprint density at radius 3 is 2.67 bits per heavy atom. The molecule has 0 aliphatic carbocycles. The summed E-state index contributed by atoms with van der Waals surface area (Å²) in [6, 6.07) is 0.851. The van der Waals surface area contributed by atoms with E-state index in [1.54, 1.807) is 9.47 Å². The van der Waals surface area contributed by atoms with E-state index in [0.717, 1.165) is 18.9 Å². The van der Waals surface area contributed by atoms with Crippen molar-refractivity contribution < 1.29 is 13.2 Å². The molecule has 8 nitrogen and oxygen atoms in total. The van der Waals surface area contributed by atoms with Gasteiger partial charge in [-0.25, -0.2) is 14.9 Å². The number of halogens is 3. The molecule has 0 spiro atoms. The van der Waals surface area contributed by atoms with Crippen molar-refractivity contribution in [1.29, 1.82) is 0 Å². The Morgan fingerprint density at radius 1 is 1.15 bits per heavy atom. The highest BCUT2D eigenvalue weighted by Gasteiger charge is 2.35. The molecule has 4 heterocycles. The Kier molecular flexibility index (Phi) is 4.52. The molecule has 1 saturated heterocycles. The minimum atomic E-state index is -4.53. The Morgan fingerprint density at radius 2 is 1.93 bits per heavy atom. The van der Waals surface area contributed by atoms with Crippen LogP contribution < -0.4 is 15.9 Å². The lowest BCUT2D eigenvalue weighted by atomic mass is 10.1. The summed E-state index contributed by atoms with van der Waals surface area (Å²) in [6.07, 6.45) is -0.888. The van der Waals surface area contributed by atoms with Gasteiger partial charge in [0.05, 0.1) is 0 Å². The third kappa shape index (κ3) is 3.76. The number of hydrogen-bond donors (Lipinski definition) is 2. The Bertz CT molecular complexity index is 870. The zero-order valence-corrected chi connectivity index (χ0v) is 14.6. The van der Waals surface area contributed by atoms with Crippen LogP contribution in [0.15, 0.2) is 10.9 Å². The van der Waals surface area contributed by atoms with Crippen LogP contribution in [0, 0.1) is 0 Å². The quantitative estimate of drug-likeness (QED) is 0.840. The zero-order chi connectivity index (χ0) is 19.0. The van der Waals surface area contributed by atoms with Gasteiger partial charge in [-0.05, 0) is 25.7 Å². The number of H-pyrrole nitrogens is 1. The average Bonchev–Trinajstić information content (AvgIpc) is 3.22. The first kappa shape index (κ1) is 17.8. The van der Waals surface area contributed by atoms with Crippen molar-refractivity contribution in [2.24, 2.45) is 0 Å². The molecule has 27 heavy (non-hydrogen) atoms. The second-order valence-electron chi connectivity index (χ2n) is 6.90. The van der Waals surface area contributed by atoms with Gasteiger partial charge in [0.25, 0.3) is 0 Å². The first-order valence-corrected chi connectivity index (χ1v) is 9.02. The molecule has 0 aromatic carbocycles. The van der Waals surface area contributed by atoms with Gasteiger partial charge in [0.15, 0.2) is 5.69 Å². The first-order chi connectivity index (χ1) is 12.9. The second kappa shape index (κ2) is 6.86. The lowest BCUT2D eigenvalue weighted by molar-refractivity contribution is -0.141. The maximum absolute atomic E-state index is 13.3. The van der Waals surface area contributed by atoms with Crippen LogP contribution in [-0.2, 0) is 19.1 Å². The molecular formula is C16H20F3N7O. The molecule has 1 atom stereocenters. The van der Waals surface area contributed by atoms with Crippen molar-refractivity contribution in [1.82, 2.24) is 24.7 Å². The number of rotatable bonds is 3. The van der Waals surface area contributed by atoms with E-state index in [1.807, 2.05) is 0 Å². The SMILES string of the molecule is O=c1[nH]nc2n1CCC(Nc1cc(C(F)(F)F)nc(N3CCCC3)n1)CC2. The fourth-order valence-corrected chi connectivity index (χ4v) is 3.57. The summed E-state index contributed by atoms with van der Waals surface area (Å²) in [5.41, 5.74) is -1.21. The normalized spacial score (nSPS) is 20.4. The van der Waals surface area contributed by atoms with Crippen molar-refractivity contribution >= 4 is 11.8 Å². The first-order valence-electron chi connectivity index (χ1n) is 9.02. The monoisotopic (exact) mass is 383 g/mol. The highest BCUT2D eigenvalue weighted by Crippen LogP contribution is 2.31. The maximum Gasteiger partial charge on any atom is 0.433 e. The number of aromatic nitrogens is 5. The highest BCUT2D eigenvalue weighted by molar-refractivity contribution is 5.45. The summed E-state index contributed by atoms with van der Waals surface area (Å²) >= 11 is 0. The number of anilines is 2. The topological polar surface area (TPSA) is 91.7 Å². The van der Waals surface area contributed by atoms with Crippen LogP contribution in [0.25, 0.3) is 0 Å². The van der Waals surface area contributed by atoms with Gasteiger partial charge >= 0.3 is 11.9 Å². The predicted octanol–water partition coefficient (Wildman–Crippen LogP) is 1.80. The summed E-state index contributed by atoms with van der Waals surface area (Å²) in [5, 5.41) is 9.52. The van der Waals surface area contributed by atoms with Gasteiger partial charge < -0.3 is 10.2 Å².